The first-order valence-electron chi connectivity index (χ1n) is 7.03. The van der Waals surface area contributed by atoms with Crippen LogP contribution in [0.25, 0.3) is 0 Å². The molecule has 1 N–H and O–H groups in total. The number of nitrogens with zero attached hydrogens (tertiary/aromatic N) is 3. The second-order valence-corrected chi connectivity index (χ2v) is 5.51. The minimum Gasteiger partial charge on any atom is -0.323 e. The molecule has 1 aliphatic carbocycles. The van der Waals surface area contributed by atoms with Gasteiger partial charge in [-0.05, 0) is 19.3 Å². The van der Waals surface area contributed by atoms with Gasteiger partial charge in [-0.25, -0.2) is 4.79 Å². The lowest BCUT2D eigenvalue weighted by atomic mass is 9.81. The third-order valence-corrected chi connectivity index (χ3v) is 4.14. The Kier molecular flexibility index (Phi) is 4.24. The SMILES string of the molecule is N#CCC[C@@H](C#N)CN1C(=O)NC2(CCCCC2)C1=O. The molecule has 2 fully saturated rings. The van der Waals surface area contributed by atoms with E-state index in [0.29, 0.717) is 19.3 Å². The molecular weight excluding hydrogens is 256 g/mol. The lowest BCUT2D eigenvalue weighted by Crippen LogP contribution is -2.48. The fourth-order valence-corrected chi connectivity index (χ4v) is 2.99. The standard InChI is InChI=1S/C14H18N4O2/c15-8-4-5-11(9-16)10-18-12(19)14(17-13(18)20)6-2-1-3-7-14/h11H,1-7,10H2,(H,17,20)/t11-/m0/s1. The van der Waals surface area contributed by atoms with Crippen molar-refractivity contribution in [3.05, 3.63) is 0 Å². The Labute approximate surface area is 118 Å². The largest absolute Gasteiger partial charge is 0.325 e. The van der Waals surface area contributed by atoms with Crippen molar-refractivity contribution in [3.8, 4) is 12.1 Å². The fraction of sp³-hybridized carbons (Fsp3) is 0.714. The zero-order chi connectivity index (χ0) is 14.6. The van der Waals surface area contributed by atoms with Gasteiger partial charge in [0.15, 0.2) is 0 Å². The molecule has 0 unspecified atom stereocenters. The van der Waals surface area contributed by atoms with Crippen LogP contribution in [0.3, 0.4) is 0 Å². The monoisotopic (exact) mass is 274 g/mol. The van der Waals surface area contributed by atoms with Gasteiger partial charge in [0, 0.05) is 13.0 Å². The molecule has 0 aromatic rings. The van der Waals surface area contributed by atoms with Crippen LogP contribution in [0.2, 0.25) is 0 Å². The molecule has 1 aliphatic heterocycles. The summed E-state index contributed by atoms with van der Waals surface area (Å²) in [5, 5.41) is 20.4. The predicted octanol–water partition coefficient (Wildman–Crippen LogP) is 1.68. The number of imide groups is 1. The molecule has 3 amide bonds. The third-order valence-electron chi connectivity index (χ3n) is 4.14. The Morgan fingerprint density at radius 2 is 1.95 bits per heavy atom. The highest BCUT2D eigenvalue weighted by Crippen LogP contribution is 2.34. The van der Waals surface area contributed by atoms with Crippen LogP contribution in [0.15, 0.2) is 0 Å². The van der Waals surface area contributed by atoms with Crippen molar-refractivity contribution in [2.24, 2.45) is 5.92 Å². The number of rotatable bonds is 4. The van der Waals surface area contributed by atoms with Gasteiger partial charge >= 0.3 is 6.03 Å². The molecule has 0 aromatic carbocycles. The van der Waals surface area contributed by atoms with Crippen LogP contribution in [-0.2, 0) is 4.79 Å². The minimum absolute atomic E-state index is 0.0879. The molecule has 1 saturated heterocycles. The normalized spacial score (nSPS) is 22.2. The van der Waals surface area contributed by atoms with Gasteiger partial charge in [0.2, 0.25) is 0 Å². The molecule has 106 valence electrons. The Bertz CT molecular complexity index is 482. The first-order valence-corrected chi connectivity index (χ1v) is 7.03. The number of hydrogen-bond acceptors (Lipinski definition) is 4. The molecule has 2 aliphatic rings. The minimum atomic E-state index is -0.732. The summed E-state index contributed by atoms with van der Waals surface area (Å²) in [6.45, 7) is 0.0879. The molecule has 0 aromatic heterocycles. The summed E-state index contributed by atoms with van der Waals surface area (Å²) in [7, 11) is 0. The number of carbonyl (C=O) groups excluding carboxylic acids is 2. The van der Waals surface area contributed by atoms with E-state index in [-0.39, 0.29) is 18.9 Å². The summed E-state index contributed by atoms with van der Waals surface area (Å²) in [5.74, 6) is -0.664. The van der Waals surface area contributed by atoms with Crippen LogP contribution in [0.4, 0.5) is 4.79 Å². The highest BCUT2D eigenvalue weighted by atomic mass is 16.2. The smallest absolute Gasteiger partial charge is 0.323 e. The van der Waals surface area contributed by atoms with Crippen LogP contribution < -0.4 is 5.32 Å². The van der Waals surface area contributed by atoms with Gasteiger partial charge in [-0.1, -0.05) is 19.3 Å². The molecule has 2 rings (SSSR count). The second-order valence-electron chi connectivity index (χ2n) is 5.51. The summed E-state index contributed by atoms with van der Waals surface area (Å²) < 4.78 is 0. The van der Waals surface area contributed by atoms with Crippen LogP contribution in [0, 0.1) is 28.6 Å². The van der Waals surface area contributed by atoms with E-state index in [9.17, 15) is 9.59 Å². The summed E-state index contributed by atoms with van der Waals surface area (Å²) in [6, 6.07) is 3.66. The van der Waals surface area contributed by atoms with Gasteiger partial charge in [0.05, 0.1) is 18.1 Å². The summed E-state index contributed by atoms with van der Waals surface area (Å²) >= 11 is 0. The molecule has 1 saturated carbocycles. The van der Waals surface area contributed by atoms with Crippen LogP contribution >= 0.6 is 0 Å². The lowest BCUT2D eigenvalue weighted by Gasteiger charge is -2.30. The summed E-state index contributed by atoms with van der Waals surface area (Å²) in [5.41, 5.74) is -0.732. The van der Waals surface area contributed by atoms with Crippen molar-refractivity contribution in [2.75, 3.05) is 6.54 Å². The molecule has 1 spiro atoms. The van der Waals surface area contributed by atoms with E-state index in [1.165, 1.54) is 0 Å². The highest BCUT2D eigenvalue weighted by molar-refractivity contribution is 6.07. The van der Waals surface area contributed by atoms with Gasteiger partial charge in [0.1, 0.15) is 5.54 Å². The first-order chi connectivity index (χ1) is 9.63. The number of urea groups is 1. The van der Waals surface area contributed by atoms with Gasteiger partial charge in [-0.3, -0.25) is 9.69 Å². The van der Waals surface area contributed by atoms with Crippen molar-refractivity contribution in [1.82, 2.24) is 10.2 Å². The summed E-state index contributed by atoms with van der Waals surface area (Å²) in [6.07, 6.45) is 4.98. The van der Waals surface area contributed by atoms with Crippen molar-refractivity contribution in [1.29, 1.82) is 10.5 Å². The molecule has 6 heteroatoms. The molecule has 6 nitrogen and oxygen atoms in total. The van der Waals surface area contributed by atoms with Gasteiger partial charge in [-0.15, -0.1) is 0 Å². The Hall–Kier alpha value is -2.08. The van der Waals surface area contributed by atoms with Crippen molar-refractivity contribution in [3.63, 3.8) is 0 Å². The van der Waals surface area contributed by atoms with Crippen LogP contribution in [-0.4, -0.2) is 28.9 Å². The second kappa shape index (κ2) is 5.92. The number of nitriles is 2. The molecule has 0 radical (unpaired) electrons. The quantitative estimate of drug-likeness (QED) is 0.789. The van der Waals surface area contributed by atoms with E-state index in [1.54, 1.807) is 0 Å². The number of hydrogen-bond donors (Lipinski definition) is 1. The van der Waals surface area contributed by atoms with E-state index >= 15 is 0 Å². The van der Waals surface area contributed by atoms with Crippen molar-refractivity contribution in [2.45, 2.75) is 50.5 Å². The average molecular weight is 274 g/mol. The maximum absolute atomic E-state index is 12.5. The van der Waals surface area contributed by atoms with E-state index in [4.69, 9.17) is 10.5 Å². The number of carbonyl (C=O) groups is 2. The number of nitrogens with one attached hydrogen (secondary N) is 1. The molecular formula is C14H18N4O2. The van der Waals surface area contributed by atoms with E-state index < -0.39 is 17.5 Å². The zero-order valence-corrected chi connectivity index (χ0v) is 11.4. The Balaban J connectivity index is 2.05. The predicted molar refractivity (Wildman–Crippen MR) is 70.0 cm³/mol. The maximum atomic E-state index is 12.5. The van der Waals surface area contributed by atoms with Crippen LogP contribution in [0.1, 0.15) is 44.9 Å². The lowest BCUT2D eigenvalue weighted by molar-refractivity contribution is -0.132. The van der Waals surface area contributed by atoms with Gasteiger partial charge < -0.3 is 5.32 Å². The Morgan fingerprint density at radius 3 is 2.55 bits per heavy atom. The molecule has 1 heterocycles. The zero-order valence-electron chi connectivity index (χ0n) is 11.4. The Morgan fingerprint density at radius 1 is 1.25 bits per heavy atom. The van der Waals surface area contributed by atoms with E-state index in [1.807, 2.05) is 6.07 Å². The molecule has 20 heavy (non-hydrogen) atoms. The molecule has 1 atom stereocenters. The number of amides is 3. The maximum Gasteiger partial charge on any atom is 0.325 e. The average Bonchev–Trinajstić information content (AvgIpc) is 2.68. The van der Waals surface area contributed by atoms with Crippen LogP contribution in [0.5, 0.6) is 0 Å². The summed E-state index contributed by atoms with van der Waals surface area (Å²) in [4.78, 5) is 25.7. The first kappa shape index (κ1) is 14.3. The third kappa shape index (κ3) is 2.60. The highest BCUT2D eigenvalue weighted by Gasteiger charge is 2.51. The van der Waals surface area contributed by atoms with Gasteiger partial charge in [-0.2, -0.15) is 10.5 Å². The van der Waals surface area contributed by atoms with Crippen molar-refractivity contribution < 1.29 is 9.59 Å². The van der Waals surface area contributed by atoms with E-state index in [2.05, 4.69) is 11.4 Å². The van der Waals surface area contributed by atoms with Crippen molar-refractivity contribution >= 4 is 11.9 Å². The molecule has 0 bridgehead atoms. The van der Waals surface area contributed by atoms with Gasteiger partial charge in [0.25, 0.3) is 5.91 Å². The fourth-order valence-electron chi connectivity index (χ4n) is 2.99. The van der Waals surface area contributed by atoms with E-state index in [0.717, 1.165) is 24.2 Å². The topological polar surface area (TPSA) is 97.0 Å².